The van der Waals surface area contributed by atoms with Crippen molar-refractivity contribution in [3.05, 3.63) is 114 Å². The fourth-order valence-corrected chi connectivity index (χ4v) is 4.67. The first kappa shape index (κ1) is 21.8. The molecule has 1 aliphatic rings. The van der Waals surface area contributed by atoms with Crippen LogP contribution in [0.25, 0.3) is 6.08 Å². The van der Waals surface area contributed by atoms with Crippen molar-refractivity contribution < 1.29 is 9.59 Å². The molecule has 0 radical (unpaired) electrons. The number of likely N-dealkylation sites (tertiary alicyclic amines) is 1. The monoisotopic (exact) mass is 423 g/mol. The highest BCUT2D eigenvalue weighted by Gasteiger charge is 2.66. The Morgan fingerprint density at radius 1 is 0.875 bits per heavy atom. The third kappa shape index (κ3) is 3.80. The summed E-state index contributed by atoms with van der Waals surface area (Å²) in [7, 11) is 0. The number of carbonyl (C=O) groups excluding carboxylic acids is 2. The molecule has 1 fully saturated rings. The van der Waals surface area contributed by atoms with E-state index < -0.39 is 11.0 Å². The number of nitrogens with zero attached hydrogens (tertiary/aromatic N) is 1. The summed E-state index contributed by atoms with van der Waals surface area (Å²) in [5.74, 6) is -0.222. The first-order valence-corrected chi connectivity index (χ1v) is 11.1. The normalized spacial score (nSPS) is 20.9. The van der Waals surface area contributed by atoms with Gasteiger partial charge in [0.15, 0.2) is 5.78 Å². The van der Waals surface area contributed by atoms with Crippen molar-refractivity contribution in [1.29, 1.82) is 0 Å². The average Bonchev–Trinajstić information content (AvgIpc) is 2.80. The topological polar surface area (TPSA) is 37.4 Å². The maximum absolute atomic E-state index is 14.0. The Hall–Kier alpha value is -3.46. The summed E-state index contributed by atoms with van der Waals surface area (Å²) in [5.41, 5.74) is 1.04. The zero-order chi connectivity index (χ0) is 22.8. The summed E-state index contributed by atoms with van der Waals surface area (Å²) in [6.07, 6.45) is 4.32. The third-order valence-electron chi connectivity index (χ3n) is 6.15. The molecule has 162 valence electrons. The van der Waals surface area contributed by atoms with E-state index in [0.29, 0.717) is 12.0 Å². The summed E-state index contributed by atoms with van der Waals surface area (Å²) in [6, 6.07) is 28.8. The van der Waals surface area contributed by atoms with Crippen molar-refractivity contribution in [2.24, 2.45) is 5.41 Å². The van der Waals surface area contributed by atoms with Gasteiger partial charge in [0.1, 0.15) is 5.41 Å². The largest absolute Gasteiger partial charge is 0.328 e. The molecule has 3 aromatic carbocycles. The SMILES string of the molecule is CC(C)(C)N1C(=O)[C@](C/C=C/c2ccccc2)(C(=O)c2ccccc2)[C@@H]1c1ccccc1. The van der Waals surface area contributed by atoms with E-state index in [9.17, 15) is 9.59 Å². The Morgan fingerprint density at radius 3 is 1.97 bits per heavy atom. The number of β-lactam (4-membered cyclic amide) rings is 1. The Morgan fingerprint density at radius 2 is 1.41 bits per heavy atom. The summed E-state index contributed by atoms with van der Waals surface area (Å²) < 4.78 is 0. The molecule has 0 bridgehead atoms. The summed E-state index contributed by atoms with van der Waals surface area (Å²) in [5, 5.41) is 0. The lowest BCUT2D eigenvalue weighted by Gasteiger charge is -2.60. The lowest BCUT2D eigenvalue weighted by atomic mass is 9.60. The zero-order valence-corrected chi connectivity index (χ0v) is 18.9. The van der Waals surface area contributed by atoms with Crippen LogP contribution < -0.4 is 0 Å². The van der Waals surface area contributed by atoms with Crippen molar-refractivity contribution in [2.75, 3.05) is 0 Å². The minimum atomic E-state index is -1.17. The molecule has 0 saturated carbocycles. The van der Waals surface area contributed by atoms with Crippen LogP contribution in [0, 0.1) is 5.41 Å². The second kappa shape index (κ2) is 8.58. The molecule has 2 atom stereocenters. The molecule has 3 nitrogen and oxygen atoms in total. The smallest absolute Gasteiger partial charge is 0.240 e. The van der Waals surface area contributed by atoms with Gasteiger partial charge in [0.2, 0.25) is 5.91 Å². The van der Waals surface area contributed by atoms with Gasteiger partial charge in [-0.1, -0.05) is 103 Å². The van der Waals surface area contributed by atoms with Crippen molar-refractivity contribution in [3.8, 4) is 0 Å². The molecule has 0 unspecified atom stereocenters. The molecule has 1 heterocycles. The predicted molar refractivity (Wildman–Crippen MR) is 129 cm³/mol. The second-order valence-electron chi connectivity index (χ2n) is 9.34. The van der Waals surface area contributed by atoms with Crippen LogP contribution in [-0.4, -0.2) is 22.1 Å². The zero-order valence-electron chi connectivity index (χ0n) is 18.9. The standard InChI is InChI=1S/C29H29NO2/c1-28(2,3)30-25(23-17-9-5-10-18-23)29(27(30)32,26(31)24-19-11-6-12-20-24)21-13-16-22-14-7-4-8-15-22/h4-20,25H,21H2,1-3H3/b16-13+/t25-,29-/m0/s1. The maximum atomic E-state index is 14.0. The highest BCUT2D eigenvalue weighted by Crippen LogP contribution is 2.57. The number of ketones is 1. The molecule has 3 aromatic rings. The predicted octanol–water partition coefficient (Wildman–Crippen LogP) is 6.34. The van der Waals surface area contributed by atoms with Crippen molar-refractivity contribution >= 4 is 17.8 Å². The van der Waals surface area contributed by atoms with Crippen molar-refractivity contribution in [2.45, 2.75) is 38.8 Å². The van der Waals surface area contributed by atoms with E-state index in [2.05, 4.69) is 0 Å². The van der Waals surface area contributed by atoms with Gasteiger partial charge < -0.3 is 4.90 Å². The molecular weight excluding hydrogens is 394 g/mol. The fraction of sp³-hybridized carbons (Fsp3) is 0.241. The van der Waals surface area contributed by atoms with Crippen LogP contribution in [-0.2, 0) is 4.79 Å². The number of carbonyl (C=O) groups is 2. The Labute approximate surface area is 190 Å². The molecular formula is C29H29NO2. The van der Waals surface area contributed by atoms with E-state index in [1.807, 2.05) is 117 Å². The van der Waals surface area contributed by atoms with Crippen LogP contribution in [0.3, 0.4) is 0 Å². The molecule has 0 aliphatic carbocycles. The third-order valence-corrected chi connectivity index (χ3v) is 6.15. The number of amides is 1. The second-order valence-corrected chi connectivity index (χ2v) is 9.34. The molecule has 1 amide bonds. The summed E-state index contributed by atoms with van der Waals surface area (Å²) in [4.78, 5) is 29.7. The average molecular weight is 424 g/mol. The molecule has 0 N–H and O–H groups in total. The Bertz CT molecular complexity index is 1110. The van der Waals surface area contributed by atoms with E-state index in [1.54, 1.807) is 12.1 Å². The highest BCUT2D eigenvalue weighted by atomic mass is 16.2. The number of rotatable bonds is 6. The number of benzene rings is 3. The van der Waals surface area contributed by atoms with E-state index in [1.165, 1.54) is 0 Å². The molecule has 1 aliphatic heterocycles. The Balaban J connectivity index is 1.82. The van der Waals surface area contributed by atoms with Gasteiger partial charge in [-0.25, -0.2) is 0 Å². The quantitative estimate of drug-likeness (QED) is 0.263. The van der Waals surface area contributed by atoms with Gasteiger partial charge in [0.05, 0.1) is 6.04 Å². The van der Waals surface area contributed by atoms with E-state index in [4.69, 9.17) is 0 Å². The van der Waals surface area contributed by atoms with Crippen LogP contribution in [0.2, 0.25) is 0 Å². The summed E-state index contributed by atoms with van der Waals surface area (Å²) >= 11 is 0. The van der Waals surface area contributed by atoms with E-state index in [-0.39, 0.29) is 17.7 Å². The highest BCUT2D eigenvalue weighted by molar-refractivity contribution is 6.18. The first-order valence-electron chi connectivity index (χ1n) is 11.1. The Kier molecular flexibility index (Phi) is 5.84. The lowest BCUT2D eigenvalue weighted by molar-refractivity contribution is -0.177. The molecule has 1 saturated heterocycles. The number of Topliss-reactive ketones (excluding diaryl/α,β-unsaturated/α-hetero) is 1. The lowest BCUT2D eigenvalue weighted by Crippen LogP contribution is -2.71. The van der Waals surface area contributed by atoms with Crippen molar-refractivity contribution in [1.82, 2.24) is 4.90 Å². The van der Waals surface area contributed by atoms with Gasteiger partial charge >= 0.3 is 0 Å². The van der Waals surface area contributed by atoms with Crippen LogP contribution in [0.15, 0.2) is 97.1 Å². The number of hydrogen-bond acceptors (Lipinski definition) is 2. The molecule has 32 heavy (non-hydrogen) atoms. The fourth-order valence-electron chi connectivity index (χ4n) is 4.67. The first-order chi connectivity index (χ1) is 15.4. The minimum absolute atomic E-state index is 0.106. The minimum Gasteiger partial charge on any atom is -0.328 e. The molecule has 4 rings (SSSR count). The van der Waals surface area contributed by atoms with Gasteiger partial charge in [-0.2, -0.15) is 0 Å². The van der Waals surface area contributed by atoms with Gasteiger partial charge in [-0.05, 0) is 38.3 Å². The van der Waals surface area contributed by atoms with Crippen LogP contribution in [0.1, 0.15) is 54.7 Å². The van der Waals surface area contributed by atoms with Gasteiger partial charge in [0.25, 0.3) is 0 Å². The molecule has 3 heteroatoms. The maximum Gasteiger partial charge on any atom is 0.240 e. The van der Waals surface area contributed by atoms with Crippen LogP contribution >= 0.6 is 0 Å². The van der Waals surface area contributed by atoms with Crippen LogP contribution in [0.5, 0.6) is 0 Å². The summed E-state index contributed by atoms with van der Waals surface area (Å²) in [6.45, 7) is 6.08. The molecule has 0 spiro atoms. The van der Waals surface area contributed by atoms with Gasteiger partial charge in [-0.3, -0.25) is 9.59 Å². The van der Waals surface area contributed by atoms with Crippen LogP contribution in [0.4, 0.5) is 0 Å². The number of allylic oxidation sites excluding steroid dienone is 1. The van der Waals surface area contributed by atoms with Gasteiger partial charge in [0, 0.05) is 11.1 Å². The van der Waals surface area contributed by atoms with E-state index in [0.717, 1.165) is 11.1 Å². The van der Waals surface area contributed by atoms with Crippen molar-refractivity contribution in [3.63, 3.8) is 0 Å². The molecule has 0 aromatic heterocycles. The van der Waals surface area contributed by atoms with Gasteiger partial charge in [-0.15, -0.1) is 0 Å². The number of hydrogen-bond donors (Lipinski definition) is 0. The van der Waals surface area contributed by atoms with E-state index >= 15 is 0 Å².